The lowest BCUT2D eigenvalue weighted by molar-refractivity contribution is -0.112. The van der Waals surface area contributed by atoms with Crippen LogP contribution in [0.15, 0.2) is 60.3 Å². The van der Waals surface area contributed by atoms with E-state index in [4.69, 9.17) is 11.6 Å². The summed E-state index contributed by atoms with van der Waals surface area (Å²) in [7, 11) is 0. The van der Waals surface area contributed by atoms with Crippen LogP contribution in [-0.2, 0) is 24.2 Å². The van der Waals surface area contributed by atoms with Crippen molar-refractivity contribution in [2.24, 2.45) is 0 Å². The molecule has 5 rings (SSSR count). The first-order valence-electron chi connectivity index (χ1n) is 11.4. The maximum atomic E-state index is 13.1. The Balaban J connectivity index is 1.47. The standard InChI is InChI=1S/C28H21ClN4OS/c29-21-11-9-18(10-12-21)16-33-17-20(22-5-1-3-7-25(22)33)13-19(14-30)27(34)32-28-24(15-31)23-6-2-4-8-26(23)35-28/h1,3,5,7,9-13,17H,2,4,6,8,16H2,(H,32,34). The SMILES string of the molecule is N#CC(=Cc1cn(Cc2ccc(Cl)cc2)c2ccccc12)C(=O)Nc1sc2c(c1C#N)CCCC2. The molecule has 1 aliphatic rings. The van der Waals surface area contributed by atoms with Gasteiger partial charge in [0.25, 0.3) is 5.91 Å². The number of nitrogens with one attached hydrogen (secondary N) is 1. The Bertz CT molecular complexity index is 1550. The van der Waals surface area contributed by atoms with Crippen LogP contribution in [-0.4, -0.2) is 10.5 Å². The van der Waals surface area contributed by atoms with E-state index in [9.17, 15) is 15.3 Å². The number of para-hydroxylation sites is 1. The van der Waals surface area contributed by atoms with Gasteiger partial charge >= 0.3 is 0 Å². The Morgan fingerprint density at radius 2 is 1.89 bits per heavy atom. The number of hydrogen-bond donors (Lipinski definition) is 1. The van der Waals surface area contributed by atoms with Crippen molar-refractivity contribution in [1.29, 1.82) is 10.5 Å². The average molecular weight is 497 g/mol. The molecule has 2 aromatic heterocycles. The third kappa shape index (κ3) is 4.59. The van der Waals surface area contributed by atoms with Gasteiger partial charge in [0.15, 0.2) is 0 Å². The van der Waals surface area contributed by atoms with Crippen LogP contribution in [0.4, 0.5) is 5.00 Å². The van der Waals surface area contributed by atoms with Crippen molar-refractivity contribution in [2.75, 3.05) is 5.32 Å². The summed E-state index contributed by atoms with van der Waals surface area (Å²) in [5.41, 5.74) is 4.46. The van der Waals surface area contributed by atoms with Crippen molar-refractivity contribution in [3.63, 3.8) is 0 Å². The Morgan fingerprint density at radius 1 is 1.11 bits per heavy atom. The highest BCUT2D eigenvalue weighted by atomic mass is 35.5. The summed E-state index contributed by atoms with van der Waals surface area (Å²) in [5.74, 6) is -0.503. The van der Waals surface area contributed by atoms with E-state index in [1.807, 2.05) is 60.8 Å². The lowest BCUT2D eigenvalue weighted by Gasteiger charge is -2.09. The molecule has 2 heterocycles. The molecular formula is C28H21ClN4OS. The third-order valence-corrected chi connectivity index (χ3v) is 7.72. The first-order valence-corrected chi connectivity index (χ1v) is 12.6. The molecule has 0 atom stereocenters. The topological polar surface area (TPSA) is 81.6 Å². The quantitative estimate of drug-likeness (QED) is 0.246. The zero-order chi connectivity index (χ0) is 24.4. The van der Waals surface area contributed by atoms with Crippen LogP contribution in [0.5, 0.6) is 0 Å². The summed E-state index contributed by atoms with van der Waals surface area (Å²) in [6.45, 7) is 0.631. The van der Waals surface area contributed by atoms with Crippen LogP contribution in [0.2, 0.25) is 5.02 Å². The summed E-state index contributed by atoms with van der Waals surface area (Å²) in [6.07, 6.45) is 7.51. The Labute approximate surface area is 212 Å². The summed E-state index contributed by atoms with van der Waals surface area (Å²) in [5, 5.41) is 24.5. The number of rotatable bonds is 5. The number of halogens is 1. The van der Waals surface area contributed by atoms with Crippen LogP contribution in [0.25, 0.3) is 17.0 Å². The number of carbonyl (C=O) groups excluding carboxylic acids is 1. The monoisotopic (exact) mass is 496 g/mol. The molecule has 0 saturated carbocycles. The second-order valence-corrected chi connectivity index (χ2v) is 10.0. The van der Waals surface area contributed by atoms with Crippen molar-refractivity contribution in [2.45, 2.75) is 32.2 Å². The average Bonchev–Trinajstić information content (AvgIpc) is 3.41. The zero-order valence-corrected chi connectivity index (χ0v) is 20.4. The molecule has 0 spiro atoms. The molecular weight excluding hydrogens is 476 g/mol. The molecule has 172 valence electrons. The van der Waals surface area contributed by atoms with Crippen LogP contribution in [0, 0.1) is 22.7 Å². The summed E-state index contributed by atoms with van der Waals surface area (Å²) >= 11 is 7.48. The smallest absolute Gasteiger partial charge is 0.266 e. The molecule has 0 radical (unpaired) electrons. The molecule has 1 amide bonds. The maximum absolute atomic E-state index is 13.1. The Kier molecular flexibility index (Phi) is 6.42. The fourth-order valence-corrected chi connectivity index (χ4v) is 5.92. The van der Waals surface area contributed by atoms with Gasteiger partial charge in [-0.15, -0.1) is 11.3 Å². The van der Waals surface area contributed by atoms with Gasteiger partial charge < -0.3 is 9.88 Å². The lowest BCUT2D eigenvalue weighted by atomic mass is 9.96. The molecule has 0 unspecified atom stereocenters. The molecule has 7 heteroatoms. The molecule has 1 aliphatic carbocycles. The molecule has 4 aromatic rings. The molecule has 0 fully saturated rings. The second-order valence-electron chi connectivity index (χ2n) is 8.51. The van der Waals surface area contributed by atoms with Crippen molar-refractivity contribution in [3.05, 3.63) is 92.5 Å². The predicted molar refractivity (Wildman–Crippen MR) is 140 cm³/mol. The van der Waals surface area contributed by atoms with Gasteiger partial charge in [0.05, 0.1) is 5.56 Å². The van der Waals surface area contributed by atoms with Crippen molar-refractivity contribution >= 4 is 50.8 Å². The normalized spacial score (nSPS) is 13.2. The van der Waals surface area contributed by atoms with Gasteiger partial charge in [0, 0.05) is 39.1 Å². The summed E-state index contributed by atoms with van der Waals surface area (Å²) in [6, 6.07) is 19.9. The molecule has 1 N–H and O–H groups in total. The highest BCUT2D eigenvalue weighted by molar-refractivity contribution is 7.16. The number of benzene rings is 2. The highest BCUT2D eigenvalue weighted by Gasteiger charge is 2.23. The number of nitrogens with zero attached hydrogens (tertiary/aromatic N) is 3. The molecule has 5 nitrogen and oxygen atoms in total. The van der Waals surface area contributed by atoms with E-state index >= 15 is 0 Å². The minimum atomic E-state index is -0.503. The first-order chi connectivity index (χ1) is 17.1. The van der Waals surface area contributed by atoms with Crippen LogP contribution < -0.4 is 5.32 Å². The van der Waals surface area contributed by atoms with E-state index in [-0.39, 0.29) is 5.57 Å². The number of carbonyl (C=O) groups is 1. The van der Waals surface area contributed by atoms with Crippen molar-refractivity contribution < 1.29 is 4.79 Å². The highest BCUT2D eigenvalue weighted by Crippen LogP contribution is 2.38. The zero-order valence-electron chi connectivity index (χ0n) is 18.8. The van der Waals surface area contributed by atoms with E-state index < -0.39 is 5.91 Å². The number of amides is 1. The van der Waals surface area contributed by atoms with Crippen LogP contribution in [0.1, 0.15) is 40.0 Å². The number of fused-ring (bicyclic) bond motifs is 2. The second kappa shape index (κ2) is 9.80. The molecule has 2 aromatic carbocycles. The first kappa shape index (κ1) is 22.9. The number of aromatic nitrogens is 1. The van der Waals surface area contributed by atoms with Gasteiger partial charge in [0.1, 0.15) is 22.7 Å². The van der Waals surface area contributed by atoms with Gasteiger partial charge in [-0.1, -0.05) is 41.9 Å². The number of nitriles is 2. The summed E-state index contributed by atoms with van der Waals surface area (Å²) < 4.78 is 2.10. The van der Waals surface area contributed by atoms with Gasteiger partial charge in [-0.2, -0.15) is 10.5 Å². The van der Waals surface area contributed by atoms with Crippen LogP contribution in [0.3, 0.4) is 0 Å². The minimum absolute atomic E-state index is 0.00495. The number of hydrogen-bond acceptors (Lipinski definition) is 4. The molecule has 35 heavy (non-hydrogen) atoms. The molecule has 0 bridgehead atoms. The van der Waals surface area contributed by atoms with E-state index in [0.29, 0.717) is 22.1 Å². The lowest BCUT2D eigenvalue weighted by Crippen LogP contribution is -2.13. The van der Waals surface area contributed by atoms with E-state index in [1.165, 1.54) is 11.3 Å². The van der Waals surface area contributed by atoms with Gasteiger partial charge in [-0.3, -0.25) is 4.79 Å². The fourth-order valence-electron chi connectivity index (χ4n) is 4.55. The number of thiophene rings is 1. The van der Waals surface area contributed by atoms with Gasteiger partial charge in [-0.05, 0) is 61.1 Å². The molecule has 0 aliphatic heterocycles. The van der Waals surface area contributed by atoms with Crippen molar-refractivity contribution in [1.82, 2.24) is 4.57 Å². The third-order valence-electron chi connectivity index (χ3n) is 6.26. The number of aryl methyl sites for hydroxylation is 1. The van der Waals surface area contributed by atoms with Gasteiger partial charge in [-0.25, -0.2) is 0 Å². The minimum Gasteiger partial charge on any atom is -0.342 e. The van der Waals surface area contributed by atoms with E-state index in [0.717, 1.165) is 58.2 Å². The predicted octanol–water partition coefficient (Wildman–Crippen LogP) is 6.70. The maximum Gasteiger partial charge on any atom is 0.266 e. The number of anilines is 1. The fraction of sp³-hybridized carbons (Fsp3) is 0.179. The van der Waals surface area contributed by atoms with Crippen LogP contribution >= 0.6 is 22.9 Å². The summed E-state index contributed by atoms with van der Waals surface area (Å²) in [4.78, 5) is 14.2. The van der Waals surface area contributed by atoms with Crippen molar-refractivity contribution in [3.8, 4) is 12.1 Å². The largest absolute Gasteiger partial charge is 0.342 e. The van der Waals surface area contributed by atoms with Gasteiger partial charge in [0.2, 0.25) is 0 Å². The Hall–Kier alpha value is -3.84. The Morgan fingerprint density at radius 3 is 2.66 bits per heavy atom. The van der Waals surface area contributed by atoms with E-state index in [2.05, 4.69) is 16.0 Å². The van der Waals surface area contributed by atoms with E-state index in [1.54, 1.807) is 6.08 Å². The molecule has 0 saturated heterocycles.